The van der Waals surface area contributed by atoms with Crippen LogP contribution in [0.25, 0.3) is 0 Å². The number of methoxy groups -OCH3 is 2. The minimum atomic E-state index is -4.82. The van der Waals surface area contributed by atoms with Gasteiger partial charge in [0.1, 0.15) is 11.9 Å². The number of esters is 2. The molecule has 0 spiro atoms. The van der Waals surface area contributed by atoms with Gasteiger partial charge < -0.3 is 38.2 Å². The van der Waals surface area contributed by atoms with E-state index in [1.54, 1.807) is 12.1 Å². The van der Waals surface area contributed by atoms with Crippen LogP contribution in [-0.4, -0.2) is 101 Å². The van der Waals surface area contributed by atoms with E-state index >= 15 is 0 Å². The molecule has 1 fully saturated rings. The largest absolute Gasteiger partial charge is 0.573 e. The van der Waals surface area contributed by atoms with Gasteiger partial charge in [-0.05, 0) is 81.6 Å². The van der Waals surface area contributed by atoms with Gasteiger partial charge in [-0.25, -0.2) is 9.59 Å². The Labute approximate surface area is 254 Å². The maximum atomic E-state index is 13.0. The van der Waals surface area contributed by atoms with Crippen molar-refractivity contribution in [2.24, 2.45) is 0 Å². The smallest absolute Gasteiger partial charge is 0.493 e. The monoisotopic (exact) mass is 624 g/mol. The minimum absolute atomic E-state index is 0.122. The molecule has 2 aliphatic heterocycles. The quantitative estimate of drug-likeness (QED) is 0.426. The molecule has 0 aliphatic carbocycles. The van der Waals surface area contributed by atoms with Crippen molar-refractivity contribution < 1.29 is 51.2 Å². The molecule has 242 valence electrons. The molecule has 0 N–H and O–H groups in total. The summed E-state index contributed by atoms with van der Waals surface area (Å²) in [6.45, 7) is 5.61. The molecule has 13 heteroatoms. The zero-order valence-corrected chi connectivity index (χ0v) is 25.0. The number of rotatable bonds is 5. The van der Waals surface area contributed by atoms with Gasteiger partial charge in [-0.2, -0.15) is 0 Å². The van der Waals surface area contributed by atoms with Crippen molar-refractivity contribution in [2.75, 3.05) is 66.7 Å². The predicted molar refractivity (Wildman–Crippen MR) is 154 cm³/mol. The van der Waals surface area contributed by atoms with Gasteiger partial charge in [-0.3, -0.25) is 0 Å². The SMILES string of the molecule is COc1cc2cc(c1OC)OCCCC(OC(=O)c1ccc(OC(F)(F)F)cc1)CCN1CCCN(CCCOC2=O)CC1. The number of cyclic esters (lactones) is 1. The van der Waals surface area contributed by atoms with Gasteiger partial charge in [0.2, 0.25) is 5.75 Å². The van der Waals surface area contributed by atoms with E-state index in [0.29, 0.717) is 42.9 Å². The van der Waals surface area contributed by atoms with Crippen LogP contribution >= 0.6 is 0 Å². The third-order valence-electron chi connectivity index (χ3n) is 7.51. The molecule has 44 heavy (non-hydrogen) atoms. The number of fused-ring (bicyclic) bond motifs is 5. The highest BCUT2D eigenvalue weighted by molar-refractivity contribution is 5.91. The average Bonchev–Trinajstić information content (AvgIpc) is 3.23. The maximum Gasteiger partial charge on any atom is 0.573 e. The summed E-state index contributed by atoms with van der Waals surface area (Å²) in [4.78, 5) is 30.5. The van der Waals surface area contributed by atoms with E-state index in [-0.39, 0.29) is 24.3 Å². The topological polar surface area (TPSA) is 96.0 Å². The van der Waals surface area contributed by atoms with Gasteiger partial charge in [-0.15, -0.1) is 13.2 Å². The minimum Gasteiger partial charge on any atom is -0.493 e. The first-order valence-electron chi connectivity index (χ1n) is 14.7. The molecule has 0 radical (unpaired) electrons. The first-order chi connectivity index (χ1) is 21.1. The summed E-state index contributed by atoms with van der Waals surface area (Å²) in [6, 6.07) is 7.77. The fraction of sp³-hybridized carbons (Fsp3) is 0.548. The van der Waals surface area contributed by atoms with Crippen molar-refractivity contribution >= 4 is 11.9 Å². The van der Waals surface area contributed by atoms with Crippen molar-refractivity contribution in [3.63, 3.8) is 0 Å². The molecule has 1 saturated heterocycles. The lowest BCUT2D eigenvalue weighted by Crippen LogP contribution is -2.34. The van der Waals surface area contributed by atoms with Crippen molar-refractivity contribution in [2.45, 2.75) is 44.6 Å². The van der Waals surface area contributed by atoms with Crippen LogP contribution in [0, 0.1) is 0 Å². The van der Waals surface area contributed by atoms with Crippen LogP contribution in [0.4, 0.5) is 13.2 Å². The van der Waals surface area contributed by atoms with E-state index in [2.05, 4.69) is 14.5 Å². The van der Waals surface area contributed by atoms with E-state index in [4.69, 9.17) is 23.7 Å². The van der Waals surface area contributed by atoms with Gasteiger partial charge in [0, 0.05) is 26.2 Å². The normalized spacial score (nSPS) is 22.2. The number of hydrogen-bond donors (Lipinski definition) is 0. The fourth-order valence-electron chi connectivity index (χ4n) is 5.26. The molecule has 10 nitrogen and oxygen atoms in total. The number of carbonyl (C=O) groups is 2. The second-order valence-electron chi connectivity index (χ2n) is 10.6. The van der Waals surface area contributed by atoms with Gasteiger partial charge in [0.15, 0.2) is 11.5 Å². The van der Waals surface area contributed by atoms with Gasteiger partial charge in [0.05, 0.1) is 38.6 Å². The summed E-state index contributed by atoms with van der Waals surface area (Å²) < 4.78 is 69.8. The molecular formula is C31H39F3N2O8. The van der Waals surface area contributed by atoms with Crippen molar-refractivity contribution in [1.29, 1.82) is 0 Å². The van der Waals surface area contributed by atoms with E-state index < -0.39 is 30.2 Å². The third kappa shape index (κ3) is 9.91. The second kappa shape index (κ2) is 15.8. The van der Waals surface area contributed by atoms with E-state index in [1.807, 2.05) is 0 Å². The van der Waals surface area contributed by atoms with E-state index in [9.17, 15) is 22.8 Å². The predicted octanol–water partition coefficient (Wildman–Crippen LogP) is 4.95. The highest BCUT2D eigenvalue weighted by Crippen LogP contribution is 2.39. The molecular weight excluding hydrogens is 585 g/mol. The molecule has 2 heterocycles. The number of benzene rings is 2. The van der Waals surface area contributed by atoms with Crippen molar-refractivity contribution in [3.05, 3.63) is 47.5 Å². The first kappa shape index (κ1) is 33.2. The molecule has 3 atom stereocenters. The highest BCUT2D eigenvalue weighted by Gasteiger charge is 2.31. The molecule has 4 rings (SSSR count). The van der Waals surface area contributed by atoms with E-state index in [1.165, 1.54) is 26.4 Å². The number of alkyl halides is 3. The molecule has 0 saturated carbocycles. The Morgan fingerprint density at radius 3 is 2.20 bits per heavy atom. The Morgan fingerprint density at radius 2 is 1.52 bits per heavy atom. The standard InChI is InChI=1S/C31H39F3N2O8/c1-39-26-20-23-21-27(28(26)40-2)41-18-3-6-24(43-30(38)22-7-9-25(10-8-22)44-31(32,33)34)11-15-36-13-4-12-35(16-17-36)14-5-19-42-29(23)37/h7-10,20-21,24H,3-6,11-19H2,1-2H3. The highest BCUT2D eigenvalue weighted by atomic mass is 19.4. The second-order valence-corrected chi connectivity index (χ2v) is 10.6. The van der Waals surface area contributed by atoms with Gasteiger partial charge in [0.25, 0.3) is 0 Å². The molecule has 2 aliphatic rings. The Bertz CT molecular complexity index is 1240. The van der Waals surface area contributed by atoms with Crippen LogP contribution in [0.1, 0.15) is 52.8 Å². The molecule has 2 aromatic rings. The molecule has 0 aromatic heterocycles. The summed E-state index contributed by atoms with van der Waals surface area (Å²) in [5.74, 6) is -0.553. The number of carbonyl (C=O) groups excluding carboxylic acids is 2. The summed E-state index contributed by atoms with van der Waals surface area (Å²) in [7, 11) is 2.94. The third-order valence-corrected chi connectivity index (χ3v) is 7.51. The lowest BCUT2D eigenvalue weighted by atomic mass is 10.1. The van der Waals surface area contributed by atoms with Crippen LogP contribution in [0.15, 0.2) is 36.4 Å². The Kier molecular flexibility index (Phi) is 12.0. The fourth-order valence-corrected chi connectivity index (χ4v) is 5.26. The molecule has 4 bridgehead atoms. The zero-order valence-electron chi connectivity index (χ0n) is 25.0. The van der Waals surface area contributed by atoms with Gasteiger partial charge in [-0.1, -0.05) is 0 Å². The molecule has 0 amide bonds. The first-order valence-corrected chi connectivity index (χ1v) is 14.7. The van der Waals surface area contributed by atoms with Crippen LogP contribution < -0.4 is 18.9 Å². The lowest BCUT2D eigenvalue weighted by molar-refractivity contribution is -0.274. The van der Waals surface area contributed by atoms with Crippen molar-refractivity contribution in [3.8, 4) is 23.0 Å². The Hall–Kier alpha value is -3.71. The summed E-state index contributed by atoms with van der Waals surface area (Å²) in [6.07, 6.45) is -2.04. The van der Waals surface area contributed by atoms with Crippen molar-refractivity contribution in [1.82, 2.24) is 9.80 Å². The number of hydrogen-bond acceptors (Lipinski definition) is 10. The van der Waals surface area contributed by atoms with Crippen LogP contribution in [-0.2, 0) is 9.47 Å². The number of nitrogens with zero attached hydrogens (tertiary/aromatic N) is 2. The average molecular weight is 625 g/mol. The zero-order chi connectivity index (χ0) is 31.5. The number of ether oxygens (including phenoxy) is 6. The van der Waals surface area contributed by atoms with Gasteiger partial charge >= 0.3 is 18.3 Å². The lowest BCUT2D eigenvalue weighted by Gasteiger charge is -2.24. The maximum absolute atomic E-state index is 13.0. The number of halogens is 3. The molecule has 3 unspecified atom stereocenters. The summed E-state index contributed by atoms with van der Waals surface area (Å²) in [5, 5.41) is 0. The Balaban J connectivity index is 1.49. The van der Waals surface area contributed by atoms with Crippen LogP contribution in [0.3, 0.4) is 0 Å². The van der Waals surface area contributed by atoms with E-state index in [0.717, 1.165) is 57.8 Å². The Morgan fingerprint density at radius 1 is 0.841 bits per heavy atom. The van der Waals surface area contributed by atoms with Crippen LogP contribution in [0.2, 0.25) is 0 Å². The molecule has 2 aromatic carbocycles. The summed E-state index contributed by atoms with van der Waals surface area (Å²) >= 11 is 0. The summed E-state index contributed by atoms with van der Waals surface area (Å²) in [5.41, 5.74) is 0.400. The van der Waals surface area contributed by atoms with Crippen LogP contribution in [0.5, 0.6) is 23.0 Å².